The summed E-state index contributed by atoms with van der Waals surface area (Å²) in [6.45, 7) is 14.2. The fraction of sp³-hybridized carbons (Fsp3) is 0.846. The van der Waals surface area contributed by atoms with Crippen LogP contribution in [-0.2, 0) is 0 Å². The van der Waals surface area contributed by atoms with E-state index in [0.29, 0.717) is 63.9 Å². The van der Waals surface area contributed by atoms with Gasteiger partial charge in [-0.25, -0.2) is 9.59 Å². The number of unbranched alkanes of at least 4 members (excludes halogenated alkanes) is 3. The molecule has 2 N–H and O–H groups in total. The average molecular weight is 503 g/mol. The first-order chi connectivity index (χ1) is 17.3. The van der Waals surface area contributed by atoms with Crippen LogP contribution in [0.5, 0.6) is 0 Å². The van der Waals surface area contributed by atoms with Crippen LogP contribution in [0.1, 0.15) is 66.2 Å². The van der Waals surface area contributed by atoms with Crippen molar-refractivity contribution >= 4 is 12.1 Å². The Bertz CT molecular complexity index is 711. The first kappa shape index (κ1) is 29.7. The van der Waals surface area contributed by atoms with Crippen LogP contribution in [0.3, 0.4) is 0 Å². The molecule has 0 aromatic carbocycles. The number of nitriles is 2. The molecule has 0 radical (unpaired) electrons. The average Bonchev–Trinajstić information content (AvgIpc) is 3.47. The van der Waals surface area contributed by atoms with Crippen molar-refractivity contribution in [3.8, 4) is 12.1 Å². The quantitative estimate of drug-likeness (QED) is 0.374. The van der Waals surface area contributed by atoms with Crippen LogP contribution in [0, 0.1) is 34.5 Å². The minimum absolute atomic E-state index is 0.0189. The predicted molar refractivity (Wildman–Crippen MR) is 140 cm³/mol. The lowest BCUT2D eigenvalue weighted by Crippen LogP contribution is -2.49. The molecular formula is C26H46N8O2. The van der Waals surface area contributed by atoms with E-state index in [2.05, 4.69) is 60.3 Å². The fourth-order valence-corrected chi connectivity index (χ4v) is 5.47. The summed E-state index contributed by atoms with van der Waals surface area (Å²) in [5, 5.41) is 23.9. The van der Waals surface area contributed by atoms with Crippen molar-refractivity contribution in [2.24, 2.45) is 11.8 Å². The Morgan fingerprint density at radius 3 is 1.44 bits per heavy atom. The fourth-order valence-electron chi connectivity index (χ4n) is 5.47. The van der Waals surface area contributed by atoms with Gasteiger partial charge in [0, 0.05) is 65.2 Å². The first-order valence-electron chi connectivity index (χ1n) is 13.6. The zero-order valence-corrected chi connectivity index (χ0v) is 22.7. The number of hydrogen-bond acceptors (Lipinski definition) is 6. The molecule has 202 valence electrons. The number of amides is 4. The highest BCUT2D eigenvalue weighted by Crippen LogP contribution is 2.23. The Kier molecular flexibility index (Phi) is 12.8. The van der Waals surface area contributed by atoms with Gasteiger partial charge in [0.25, 0.3) is 0 Å². The Balaban J connectivity index is 1.61. The smallest absolute Gasteiger partial charge is 0.318 e. The molecule has 2 aliphatic heterocycles. The lowest BCUT2D eigenvalue weighted by Gasteiger charge is -2.33. The molecule has 2 rings (SSSR count). The molecule has 0 aliphatic carbocycles. The predicted octanol–water partition coefficient (Wildman–Crippen LogP) is 2.99. The summed E-state index contributed by atoms with van der Waals surface area (Å²) in [6, 6.07) is 4.36. The molecule has 0 saturated carbocycles. The summed E-state index contributed by atoms with van der Waals surface area (Å²) < 4.78 is 0. The standard InChI is InChI=1S/C26H46N8O2/c1-21(2)23-31(15-9-11-27)17-19-33(23)25(35)29-13-7-5-6-8-14-30-26(36)34-20-18-32(16-10-12-28)24(34)22(3)4/h21-24H,5-10,13-20H2,1-4H3,(H,29,35)(H,30,36). The number of hydrogen-bond donors (Lipinski definition) is 2. The SMILES string of the molecule is CC(C)C1N(CCC#N)CCN1C(=O)NCCCCCCNC(=O)N1CCN(CCC#N)C1C(C)C. The van der Waals surface area contributed by atoms with E-state index >= 15 is 0 Å². The van der Waals surface area contributed by atoms with Crippen LogP contribution in [0.25, 0.3) is 0 Å². The van der Waals surface area contributed by atoms with Crippen LogP contribution in [-0.4, -0.2) is 96.4 Å². The zero-order chi connectivity index (χ0) is 26.5. The van der Waals surface area contributed by atoms with E-state index in [1.54, 1.807) is 0 Å². The zero-order valence-electron chi connectivity index (χ0n) is 22.7. The van der Waals surface area contributed by atoms with Crippen LogP contribution >= 0.6 is 0 Å². The van der Waals surface area contributed by atoms with E-state index in [9.17, 15) is 9.59 Å². The summed E-state index contributed by atoms with van der Waals surface area (Å²) in [6.07, 6.45) is 4.88. The molecule has 2 saturated heterocycles. The highest BCUT2D eigenvalue weighted by molar-refractivity contribution is 5.75. The normalized spacial score (nSPS) is 20.7. The molecule has 0 spiro atoms. The van der Waals surface area contributed by atoms with Gasteiger partial charge in [0.1, 0.15) is 0 Å². The molecule has 2 atom stereocenters. The van der Waals surface area contributed by atoms with Crippen molar-refractivity contribution in [3.05, 3.63) is 0 Å². The van der Waals surface area contributed by atoms with Crippen LogP contribution in [0.2, 0.25) is 0 Å². The number of nitrogens with zero attached hydrogens (tertiary/aromatic N) is 6. The van der Waals surface area contributed by atoms with Gasteiger partial charge in [-0.1, -0.05) is 40.5 Å². The van der Waals surface area contributed by atoms with Gasteiger partial charge >= 0.3 is 12.1 Å². The first-order valence-corrected chi connectivity index (χ1v) is 13.6. The number of urea groups is 2. The van der Waals surface area contributed by atoms with Crippen molar-refractivity contribution in [3.63, 3.8) is 0 Å². The third kappa shape index (κ3) is 8.53. The molecule has 2 fully saturated rings. The maximum atomic E-state index is 12.7. The Labute approximate surface area is 217 Å². The maximum absolute atomic E-state index is 12.7. The van der Waals surface area contributed by atoms with Crippen LogP contribution < -0.4 is 10.6 Å². The molecule has 10 heteroatoms. The van der Waals surface area contributed by atoms with E-state index < -0.39 is 0 Å². The maximum Gasteiger partial charge on any atom is 0.318 e. The number of carbonyl (C=O) groups excluding carboxylic acids is 2. The highest BCUT2D eigenvalue weighted by Gasteiger charge is 2.37. The summed E-state index contributed by atoms with van der Waals surface area (Å²) in [5.41, 5.74) is 0. The summed E-state index contributed by atoms with van der Waals surface area (Å²) in [7, 11) is 0. The molecule has 36 heavy (non-hydrogen) atoms. The van der Waals surface area contributed by atoms with Gasteiger partial charge in [-0.3, -0.25) is 9.80 Å². The van der Waals surface area contributed by atoms with E-state index in [0.717, 1.165) is 38.8 Å². The summed E-state index contributed by atoms with van der Waals surface area (Å²) in [4.78, 5) is 33.7. The summed E-state index contributed by atoms with van der Waals surface area (Å²) >= 11 is 0. The molecular weight excluding hydrogens is 456 g/mol. The number of rotatable bonds is 13. The third-order valence-electron chi connectivity index (χ3n) is 7.04. The lowest BCUT2D eigenvalue weighted by atomic mass is 10.1. The van der Waals surface area contributed by atoms with Crippen molar-refractivity contribution in [1.82, 2.24) is 30.2 Å². The van der Waals surface area contributed by atoms with Gasteiger partial charge in [-0.2, -0.15) is 10.5 Å². The van der Waals surface area contributed by atoms with E-state index in [1.807, 2.05) is 9.80 Å². The molecule has 10 nitrogen and oxygen atoms in total. The molecule has 0 aromatic rings. The van der Waals surface area contributed by atoms with E-state index in [-0.39, 0.29) is 24.4 Å². The van der Waals surface area contributed by atoms with Crippen molar-refractivity contribution in [1.29, 1.82) is 10.5 Å². The molecule has 0 aromatic heterocycles. The molecule has 2 unspecified atom stereocenters. The van der Waals surface area contributed by atoms with E-state index in [1.165, 1.54) is 0 Å². The molecule has 2 heterocycles. The van der Waals surface area contributed by atoms with Gasteiger partial charge in [0.15, 0.2) is 0 Å². The largest absolute Gasteiger partial charge is 0.338 e. The van der Waals surface area contributed by atoms with Gasteiger partial charge in [-0.05, 0) is 24.7 Å². The number of nitrogens with one attached hydrogen (secondary N) is 2. The van der Waals surface area contributed by atoms with Gasteiger partial charge in [0.2, 0.25) is 0 Å². The highest BCUT2D eigenvalue weighted by atomic mass is 16.2. The minimum Gasteiger partial charge on any atom is -0.338 e. The third-order valence-corrected chi connectivity index (χ3v) is 7.04. The molecule has 2 aliphatic rings. The Morgan fingerprint density at radius 2 is 1.11 bits per heavy atom. The van der Waals surface area contributed by atoms with Gasteiger partial charge < -0.3 is 20.4 Å². The second-order valence-corrected chi connectivity index (χ2v) is 10.5. The minimum atomic E-state index is -0.0189. The molecule has 0 bridgehead atoms. The van der Waals surface area contributed by atoms with Crippen molar-refractivity contribution < 1.29 is 9.59 Å². The van der Waals surface area contributed by atoms with Crippen LogP contribution in [0.4, 0.5) is 9.59 Å². The van der Waals surface area contributed by atoms with Crippen LogP contribution in [0.15, 0.2) is 0 Å². The van der Waals surface area contributed by atoms with Gasteiger partial charge in [0.05, 0.1) is 24.5 Å². The monoisotopic (exact) mass is 502 g/mol. The number of carbonyl (C=O) groups is 2. The Hall–Kier alpha value is -2.56. The van der Waals surface area contributed by atoms with Gasteiger partial charge in [-0.15, -0.1) is 0 Å². The Morgan fingerprint density at radius 1 is 0.722 bits per heavy atom. The molecule has 4 amide bonds. The van der Waals surface area contributed by atoms with Crippen molar-refractivity contribution in [2.75, 3.05) is 52.4 Å². The lowest BCUT2D eigenvalue weighted by molar-refractivity contribution is 0.109. The van der Waals surface area contributed by atoms with Crippen molar-refractivity contribution in [2.45, 2.75) is 78.6 Å². The second kappa shape index (κ2) is 15.5. The second-order valence-electron chi connectivity index (χ2n) is 10.5. The summed E-state index contributed by atoms with van der Waals surface area (Å²) in [5.74, 6) is 0.619. The van der Waals surface area contributed by atoms with E-state index in [4.69, 9.17) is 10.5 Å². The topological polar surface area (TPSA) is 119 Å².